The fourth-order valence-corrected chi connectivity index (χ4v) is 0.203. The molecule has 5 nitrogen and oxygen atoms in total. The Labute approximate surface area is 73.6 Å². The lowest BCUT2D eigenvalue weighted by Gasteiger charge is -1.89. The number of ether oxygens (including phenoxy) is 1. The molecule has 0 aromatic carbocycles. The Morgan fingerprint density at radius 2 is 1.75 bits per heavy atom. The second kappa shape index (κ2) is 16.7. The quantitative estimate of drug-likeness (QED) is 0.569. The van der Waals surface area contributed by atoms with Crippen LogP contribution in [0.15, 0.2) is 0 Å². The van der Waals surface area contributed by atoms with Crippen LogP contribution in [0.4, 0.5) is 0 Å². The highest BCUT2D eigenvalue weighted by Gasteiger charge is 1.81. The van der Waals surface area contributed by atoms with Crippen molar-refractivity contribution in [3.63, 3.8) is 0 Å². The van der Waals surface area contributed by atoms with Gasteiger partial charge in [-0.25, -0.2) is 0 Å². The normalized spacial score (nSPS) is 6.83. The zero-order valence-electron chi connectivity index (χ0n) is 8.26. The van der Waals surface area contributed by atoms with Crippen LogP contribution in [-0.2, 0) is 9.53 Å². The van der Waals surface area contributed by atoms with Crippen molar-refractivity contribution in [3.8, 4) is 0 Å². The summed E-state index contributed by atoms with van der Waals surface area (Å²) in [6, 6.07) is 0. The molecule has 0 bridgehead atoms. The van der Waals surface area contributed by atoms with Crippen molar-refractivity contribution < 1.29 is 20.1 Å². The maximum absolute atomic E-state index is 9.82. The lowest BCUT2D eigenvalue weighted by molar-refractivity contribution is -0.140. The standard InChI is InChI=1S/C4H8O2.C3H8O.H3N.H2O/c1-3-6-4(2)5;1-3(2)4;;/h3H2,1-2H3;3-4H,1-2H3;1H3;1H2. The van der Waals surface area contributed by atoms with Crippen LogP contribution in [0.25, 0.3) is 0 Å². The SMILES string of the molecule is CC(C)O.CCOC(C)=O.N.O. The molecule has 0 saturated heterocycles. The van der Waals surface area contributed by atoms with Crippen molar-refractivity contribution in [2.75, 3.05) is 6.61 Å². The molecule has 0 aromatic rings. The maximum atomic E-state index is 9.82. The fourth-order valence-electron chi connectivity index (χ4n) is 0.203. The van der Waals surface area contributed by atoms with E-state index in [1.54, 1.807) is 20.8 Å². The first-order valence-corrected chi connectivity index (χ1v) is 3.32. The average Bonchev–Trinajstić information content (AvgIpc) is 1.62. The highest BCUT2D eigenvalue weighted by molar-refractivity contribution is 5.65. The van der Waals surface area contributed by atoms with Crippen LogP contribution >= 0.6 is 0 Å². The minimum absolute atomic E-state index is 0. The van der Waals surface area contributed by atoms with Crippen molar-refractivity contribution >= 4 is 5.97 Å². The van der Waals surface area contributed by atoms with Crippen LogP contribution in [0.1, 0.15) is 27.7 Å². The van der Waals surface area contributed by atoms with Crippen LogP contribution in [0.3, 0.4) is 0 Å². The molecular weight excluding hydrogens is 162 g/mol. The molecule has 12 heavy (non-hydrogen) atoms. The fraction of sp³-hybridized carbons (Fsp3) is 0.857. The monoisotopic (exact) mass is 183 g/mol. The van der Waals surface area contributed by atoms with E-state index in [1.165, 1.54) is 6.92 Å². The number of esters is 1. The molecule has 78 valence electrons. The van der Waals surface area contributed by atoms with Gasteiger partial charge in [-0.2, -0.15) is 0 Å². The van der Waals surface area contributed by atoms with E-state index < -0.39 is 0 Å². The van der Waals surface area contributed by atoms with Crippen molar-refractivity contribution in [2.24, 2.45) is 0 Å². The van der Waals surface area contributed by atoms with Crippen molar-refractivity contribution in [1.29, 1.82) is 0 Å². The second-order valence-electron chi connectivity index (χ2n) is 2.02. The van der Waals surface area contributed by atoms with Crippen molar-refractivity contribution in [1.82, 2.24) is 6.15 Å². The molecule has 0 spiro atoms. The molecule has 0 aliphatic rings. The molecule has 0 aliphatic heterocycles. The molecule has 0 aliphatic carbocycles. The number of rotatable bonds is 1. The Kier molecular flexibility index (Phi) is 31.4. The number of hydrogen-bond acceptors (Lipinski definition) is 4. The zero-order valence-corrected chi connectivity index (χ0v) is 8.26. The van der Waals surface area contributed by atoms with Gasteiger partial charge in [0.25, 0.3) is 0 Å². The van der Waals surface area contributed by atoms with Crippen LogP contribution in [0.5, 0.6) is 0 Å². The Hall–Kier alpha value is -0.650. The van der Waals surface area contributed by atoms with Gasteiger partial charge in [-0.3, -0.25) is 4.79 Å². The molecular formula is C7H21NO4. The molecule has 0 unspecified atom stereocenters. The van der Waals surface area contributed by atoms with Gasteiger partial charge < -0.3 is 21.5 Å². The molecule has 0 fully saturated rings. The Morgan fingerprint density at radius 3 is 1.75 bits per heavy atom. The molecule has 6 N–H and O–H groups in total. The second-order valence-corrected chi connectivity index (χ2v) is 2.02. The molecule has 5 heteroatoms. The first-order chi connectivity index (χ1) is 4.50. The number of aliphatic hydroxyl groups excluding tert-OH is 1. The van der Waals surface area contributed by atoms with E-state index in [0.717, 1.165) is 0 Å². The van der Waals surface area contributed by atoms with Gasteiger partial charge >= 0.3 is 5.97 Å². The molecule has 0 rings (SSSR count). The highest BCUT2D eigenvalue weighted by atomic mass is 16.5. The predicted octanol–water partition coefficient (Wildman–Crippen LogP) is 0.294. The van der Waals surface area contributed by atoms with Gasteiger partial charge in [-0.05, 0) is 20.8 Å². The third-order valence-electron chi connectivity index (χ3n) is 0.348. The van der Waals surface area contributed by atoms with E-state index in [0.29, 0.717) is 6.61 Å². The summed E-state index contributed by atoms with van der Waals surface area (Å²) in [6.07, 6.45) is -0.167. The number of carbonyl (C=O) groups excluding carboxylic acids is 1. The first-order valence-electron chi connectivity index (χ1n) is 3.32. The van der Waals surface area contributed by atoms with Gasteiger partial charge in [0.2, 0.25) is 0 Å². The third kappa shape index (κ3) is 118. The Morgan fingerprint density at radius 1 is 1.50 bits per heavy atom. The first kappa shape index (κ1) is 22.5. The third-order valence-corrected chi connectivity index (χ3v) is 0.348. The summed E-state index contributed by atoms with van der Waals surface area (Å²) in [7, 11) is 0. The zero-order chi connectivity index (χ0) is 8.57. The van der Waals surface area contributed by atoms with E-state index in [-0.39, 0.29) is 23.7 Å². The largest absolute Gasteiger partial charge is 0.466 e. The molecule has 0 saturated carbocycles. The van der Waals surface area contributed by atoms with Crippen LogP contribution < -0.4 is 6.15 Å². The summed E-state index contributed by atoms with van der Waals surface area (Å²) in [5.41, 5.74) is 0. The van der Waals surface area contributed by atoms with Crippen molar-refractivity contribution in [2.45, 2.75) is 33.8 Å². The van der Waals surface area contributed by atoms with Gasteiger partial charge in [0, 0.05) is 13.0 Å². The summed E-state index contributed by atoms with van der Waals surface area (Å²) in [4.78, 5) is 9.82. The van der Waals surface area contributed by atoms with E-state index in [9.17, 15) is 4.79 Å². The van der Waals surface area contributed by atoms with Gasteiger partial charge in [-0.15, -0.1) is 0 Å². The maximum Gasteiger partial charge on any atom is 0.302 e. The van der Waals surface area contributed by atoms with Gasteiger partial charge in [-0.1, -0.05) is 0 Å². The predicted molar refractivity (Wildman–Crippen MR) is 48.3 cm³/mol. The lowest BCUT2D eigenvalue weighted by atomic mass is 10.5. The summed E-state index contributed by atoms with van der Waals surface area (Å²) in [6.45, 7) is 7.10. The van der Waals surface area contributed by atoms with Gasteiger partial charge in [0.1, 0.15) is 0 Å². The van der Waals surface area contributed by atoms with Crippen molar-refractivity contribution in [3.05, 3.63) is 0 Å². The van der Waals surface area contributed by atoms with E-state index in [2.05, 4.69) is 4.74 Å². The van der Waals surface area contributed by atoms with E-state index in [1.807, 2.05) is 0 Å². The number of carbonyl (C=O) groups is 1. The molecule has 0 atom stereocenters. The minimum atomic E-state index is -0.211. The van der Waals surface area contributed by atoms with E-state index in [4.69, 9.17) is 5.11 Å². The number of aliphatic hydroxyl groups is 1. The summed E-state index contributed by atoms with van der Waals surface area (Å²) >= 11 is 0. The minimum Gasteiger partial charge on any atom is -0.466 e. The van der Waals surface area contributed by atoms with Crippen LogP contribution in [0.2, 0.25) is 0 Å². The summed E-state index contributed by atoms with van der Waals surface area (Å²) in [5, 5.41) is 8.06. The summed E-state index contributed by atoms with van der Waals surface area (Å²) < 4.78 is 4.40. The molecule has 0 amide bonds. The highest BCUT2D eigenvalue weighted by Crippen LogP contribution is 1.69. The van der Waals surface area contributed by atoms with Gasteiger partial charge in [0.05, 0.1) is 6.61 Å². The van der Waals surface area contributed by atoms with Crippen LogP contribution in [-0.4, -0.2) is 29.3 Å². The molecule has 0 heterocycles. The molecule has 0 aromatic heterocycles. The van der Waals surface area contributed by atoms with E-state index >= 15 is 0 Å². The summed E-state index contributed by atoms with van der Waals surface area (Å²) in [5.74, 6) is -0.211. The topological polar surface area (TPSA) is 113 Å². The Balaban J connectivity index is -0.0000000483. The Bertz CT molecular complexity index is 82.7. The number of hydrogen-bond donors (Lipinski definition) is 2. The van der Waals surface area contributed by atoms with Gasteiger partial charge in [0.15, 0.2) is 0 Å². The smallest absolute Gasteiger partial charge is 0.302 e. The average molecular weight is 183 g/mol. The lowest BCUT2D eigenvalue weighted by Crippen LogP contribution is -1.95. The molecule has 0 radical (unpaired) electrons. The van der Waals surface area contributed by atoms with Crippen LogP contribution in [0, 0.1) is 0 Å².